The van der Waals surface area contributed by atoms with Crippen LogP contribution in [0.2, 0.25) is 0 Å². The monoisotopic (exact) mass is 294 g/mol. The fourth-order valence-electron chi connectivity index (χ4n) is 2.09. The molecule has 0 aromatic carbocycles. The average molecular weight is 294 g/mol. The van der Waals surface area contributed by atoms with E-state index in [2.05, 4.69) is 30.8 Å². The van der Waals surface area contributed by atoms with Crippen molar-refractivity contribution in [2.45, 2.75) is 39.3 Å². The lowest BCUT2D eigenvalue weighted by Gasteiger charge is -2.17. The van der Waals surface area contributed by atoms with Crippen molar-refractivity contribution in [3.05, 3.63) is 28.5 Å². The first-order valence-electron chi connectivity index (χ1n) is 6.61. The molecular formula is C14H22N4OS. The predicted molar refractivity (Wildman–Crippen MR) is 82.1 cm³/mol. The minimum Gasteiger partial charge on any atom is -0.391 e. The molecule has 0 bridgehead atoms. The van der Waals surface area contributed by atoms with E-state index in [1.807, 2.05) is 26.5 Å². The molecule has 110 valence electrons. The number of aliphatic hydroxyl groups is 1. The smallest absolute Gasteiger partial charge is 0.185 e. The second kappa shape index (κ2) is 5.54. The molecule has 6 heteroatoms. The van der Waals surface area contributed by atoms with Crippen LogP contribution in [0.5, 0.6) is 0 Å². The van der Waals surface area contributed by atoms with Gasteiger partial charge in [-0.1, -0.05) is 32.1 Å². The van der Waals surface area contributed by atoms with Gasteiger partial charge < -0.3 is 10.0 Å². The summed E-state index contributed by atoms with van der Waals surface area (Å²) >= 11 is 1.56. The molecule has 2 heterocycles. The van der Waals surface area contributed by atoms with Gasteiger partial charge in [-0.25, -0.2) is 4.98 Å². The lowest BCUT2D eigenvalue weighted by Crippen LogP contribution is -2.17. The molecule has 5 nitrogen and oxygen atoms in total. The maximum absolute atomic E-state index is 9.51. The molecule has 0 aliphatic rings. The number of hydrogen-bond acceptors (Lipinski definition) is 5. The first-order chi connectivity index (χ1) is 9.31. The Morgan fingerprint density at radius 2 is 2.10 bits per heavy atom. The van der Waals surface area contributed by atoms with Gasteiger partial charge in [0.1, 0.15) is 0 Å². The van der Waals surface area contributed by atoms with Crippen molar-refractivity contribution in [3.8, 4) is 0 Å². The number of rotatable bonds is 4. The highest BCUT2D eigenvalue weighted by atomic mass is 32.1. The van der Waals surface area contributed by atoms with E-state index in [9.17, 15) is 5.11 Å². The van der Waals surface area contributed by atoms with E-state index >= 15 is 0 Å². The Hall–Kier alpha value is -1.40. The highest BCUT2D eigenvalue weighted by Gasteiger charge is 2.24. The summed E-state index contributed by atoms with van der Waals surface area (Å²) in [5.74, 6) is 0. The number of thiazole rings is 1. The second-order valence-corrected chi connectivity index (χ2v) is 7.12. The van der Waals surface area contributed by atoms with Crippen molar-refractivity contribution >= 4 is 16.5 Å². The lowest BCUT2D eigenvalue weighted by molar-refractivity contribution is 0.282. The van der Waals surface area contributed by atoms with Gasteiger partial charge in [-0.15, -0.1) is 0 Å². The highest BCUT2D eigenvalue weighted by molar-refractivity contribution is 7.15. The van der Waals surface area contributed by atoms with Crippen LogP contribution in [0, 0.1) is 0 Å². The van der Waals surface area contributed by atoms with Crippen molar-refractivity contribution in [1.29, 1.82) is 0 Å². The van der Waals surface area contributed by atoms with Gasteiger partial charge in [-0.2, -0.15) is 5.10 Å². The van der Waals surface area contributed by atoms with E-state index in [0.717, 1.165) is 27.8 Å². The van der Waals surface area contributed by atoms with Gasteiger partial charge in [-0.05, 0) is 0 Å². The molecule has 0 aliphatic carbocycles. The van der Waals surface area contributed by atoms with Gasteiger partial charge in [-0.3, -0.25) is 4.68 Å². The van der Waals surface area contributed by atoms with E-state index in [4.69, 9.17) is 4.98 Å². The third-order valence-corrected chi connectivity index (χ3v) is 4.20. The summed E-state index contributed by atoms with van der Waals surface area (Å²) in [4.78, 5) is 7.76. The van der Waals surface area contributed by atoms with Gasteiger partial charge in [0.15, 0.2) is 5.13 Å². The van der Waals surface area contributed by atoms with E-state index in [1.165, 1.54) is 0 Å². The SMILES string of the molecule is CN(Cc1cnn(C)c1)c1nc(C(C)(C)C)c(CO)s1. The van der Waals surface area contributed by atoms with Gasteiger partial charge in [0.2, 0.25) is 0 Å². The maximum Gasteiger partial charge on any atom is 0.185 e. The molecule has 0 unspecified atom stereocenters. The highest BCUT2D eigenvalue weighted by Crippen LogP contribution is 2.33. The quantitative estimate of drug-likeness (QED) is 0.940. The van der Waals surface area contributed by atoms with Crippen LogP contribution in [0.25, 0.3) is 0 Å². The zero-order valence-corrected chi connectivity index (χ0v) is 13.5. The van der Waals surface area contributed by atoms with E-state index in [1.54, 1.807) is 16.0 Å². The molecule has 0 aliphatic heterocycles. The average Bonchev–Trinajstić information content (AvgIpc) is 2.94. The second-order valence-electron chi connectivity index (χ2n) is 6.05. The molecule has 1 N–H and O–H groups in total. The van der Waals surface area contributed by atoms with Crippen molar-refractivity contribution in [2.24, 2.45) is 7.05 Å². The summed E-state index contributed by atoms with van der Waals surface area (Å²) < 4.78 is 1.80. The Labute approximate surface area is 123 Å². The van der Waals surface area contributed by atoms with Gasteiger partial charge in [0, 0.05) is 37.8 Å². The molecule has 2 rings (SSSR count). The van der Waals surface area contributed by atoms with Crippen LogP contribution in [-0.2, 0) is 25.6 Å². The summed E-state index contributed by atoms with van der Waals surface area (Å²) in [7, 11) is 3.92. The lowest BCUT2D eigenvalue weighted by atomic mass is 9.91. The van der Waals surface area contributed by atoms with Crippen LogP contribution in [0.15, 0.2) is 12.4 Å². The molecule has 2 aromatic heterocycles. The first kappa shape index (κ1) is 15.0. The molecular weight excluding hydrogens is 272 g/mol. The van der Waals surface area contributed by atoms with Crippen LogP contribution >= 0.6 is 11.3 Å². The molecule has 0 fully saturated rings. The third kappa shape index (κ3) is 3.19. The number of nitrogens with zero attached hydrogens (tertiary/aromatic N) is 4. The molecule has 0 saturated carbocycles. The van der Waals surface area contributed by atoms with Gasteiger partial charge in [0.25, 0.3) is 0 Å². The van der Waals surface area contributed by atoms with Crippen LogP contribution in [-0.4, -0.2) is 26.9 Å². The summed E-state index contributed by atoms with van der Waals surface area (Å²) in [6, 6.07) is 0. The van der Waals surface area contributed by atoms with Gasteiger partial charge >= 0.3 is 0 Å². The minimum atomic E-state index is -0.0536. The van der Waals surface area contributed by atoms with Crippen molar-refractivity contribution < 1.29 is 5.11 Å². The topological polar surface area (TPSA) is 54.2 Å². The number of anilines is 1. The van der Waals surface area contributed by atoms with Crippen molar-refractivity contribution in [1.82, 2.24) is 14.8 Å². The number of hydrogen-bond donors (Lipinski definition) is 1. The zero-order valence-electron chi connectivity index (χ0n) is 12.7. The first-order valence-corrected chi connectivity index (χ1v) is 7.42. The minimum absolute atomic E-state index is 0.0466. The standard InChI is InChI=1S/C14H22N4OS/c1-14(2,3)12-11(9-19)20-13(16-12)17(4)7-10-6-15-18(5)8-10/h6,8,19H,7,9H2,1-5H3. The number of aromatic nitrogens is 3. The fourth-order valence-corrected chi connectivity index (χ4v) is 3.18. The van der Waals surface area contributed by atoms with Crippen LogP contribution in [0.1, 0.15) is 36.9 Å². The molecule has 2 aromatic rings. The largest absolute Gasteiger partial charge is 0.391 e. The molecule has 20 heavy (non-hydrogen) atoms. The summed E-state index contributed by atoms with van der Waals surface area (Å²) in [5.41, 5.74) is 2.08. The van der Waals surface area contributed by atoms with Crippen LogP contribution < -0.4 is 4.90 Å². The molecule has 0 atom stereocenters. The van der Waals surface area contributed by atoms with E-state index < -0.39 is 0 Å². The van der Waals surface area contributed by atoms with E-state index in [-0.39, 0.29) is 12.0 Å². The Kier molecular flexibility index (Phi) is 4.15. The Morgan fingerprint density at radius 3 is 2.55 bits per heavy atom. The Balaban J connectivity index is 2.22. The normalized spacial score (nSPS) is 11.9. The van der Waals surface area contributed by atoms with E-state index in [0.29, 0.717) is 0 Å². The fraction of sp³-hybridized carbons (Fsp3) is 0.571. The Morgan fingerprint density at radius 1 is 1.40 bits per heavy atom. The molecule has 0 saturated heterocycles. The number of aliphatic hydroxyl groups excluding tert-OH is 1. The summed E-state index contributed by atoms with van der Waals surface area (Å²) in [5, 5.41) is 14.6. The summed E-state index contributed by atoms with van der Waals surface area (Å²) in [6.45, 7) is 7.16. The molecule has 0 radical (unpaired) electrons. The Bertz CT molecular complexity index is 582. The predicted octanol–water partition coefficient (Wildman–Crippen LogP) is 2.30. The molecule has 0 amide bonds. The van der Waals surface area contributed by atoms with Crippen molar-refractivity contribution in [2.75, 3.05) is 11.9 Å². The molecule has 0 spiro atoms. The maximum atomic E-state index is 9.51. The van der Waals surface area contributed by atoms with Crippen LogP contribution in [0.3, 0.4) is 0 Å². The van der Waals surface area contributed by atoms with Gasteiger partial charge in [0.05, 0.1) is 23.4 Å². The number of aryl methyl sites for hydroxylation is 1. The third-order valence-electron chi connectivity index (χ3n) is 3.04. The van der Waals surface area contributed by atoms with Crippen molar-refractivity contribution in [3.63, 3.8) is 0 Å². The summed E-state index contributed by atoms with van der Waals surface area (Å²) in [6.07, 6.45) is 3.86. The van der Waals surface area contributed by atoms with Crippen LogP contribution in [0.4, 0.5) is 5.13 Å². The zero-order chi connectivity index (χ0) is 14.9.